The molecule has 0 spiro atoms. The smallest absolute Gasteiger partial charge is 0.363 e. The Labute approximate surface area is 176 Å². The number of esters is 2. The Morgan fingerprint density at radius 2 is 1.80 bits per heavy atom. The summed E-state index contributed by atoms with van der Waals surface area (Å²) >= 11 is 0. The van der Waals surface area contributed by atoms with Crippen LogP contribution in [0.25, 0.3) is 6.08 Å². The van der Waals surface area contributed by atoms with Gasteiger partial charge >= 0.3 is 11.9 Å². The third-order valence-corrected chi connectivity index (χ3v) is 4.62. The minimum Gasteiger partial charge on any atom is -0.493 e. The zero-order valence-corrected chi connectivity index (χ0v) is 17.8. The predicted molar refractivity (Wildman–Crippen MR) is 115 cm³/mol. The molecule has 6 heteroatoms. The topological polar surface area (TPSA) is 74.2 Å². The van der Waals surface area contributed by atoms with Crippen LogP contribution in [0.1, 0.15) is 50.8 Å². The summed E-state index contributed by atoms with van der Waals surface area (Å²) in [5, 5.41) is 0. The highest BCUT2D eigenvalue weighted by atomic mass is 16.6. The van der Waals surface area contributed by atoms with Gasteiger partial charge in [-0.2, -0.15) is 0 Å². The van der Waals surface area contributed by atoms with Crippen LogP contribution in [-0.2, 0) is 19.7 Å². The van der Waals surface area contributed by atoms with Gasteiger partial charge in [0.1, 0.15) is 0 Å². The average molecular weight is 407 g/mol. The Kier molecular flexibility index (Phi) is 6.06. The molecule has 1 aliphatic rings. The molecule has 1 heterocycles. The molecule has 2 aromatic carbocycles. The van der Waals surface area contributed by atoms with Crippen molar-refractivity contribution in [1.82, 2.24) is 0 Å². The summed E-state index contributed by atoms with van der Waals surface area (Å²) in [5.41, 5.74) is 2.74. The van der Waals surface area contributed by atoms with Gasteiger partial charge in [0.2, 0.25) is 5.90 Å². The lowest BCUT2D eigenvalue weighted by Gasteiger charge is -2.18. The molecule has 156 valence electrons. The molecule has 2 aromatic rings. The van der Waals surface area contributed by atoms with E-state index in [1.165, 1.54) is 12.7 Å². The maximum atomic E-state index is 12.3. The second-order valence-electron chi connectivity index (χ2n) is 7.90. The number of nitrogens with zero attached hydrogens (tertiary/aromatic N) is 1. The number of hydrogen-bond acceptors (Lipinski definition) is 6. The number of hydrogen-bond donors (Lipinski definition) is 0. The van der Waals surface area contributed by atoms with Gasteiger partial charge in [-0.3, -0.25) is 4.79 Å². The SMILES string of the molecule is CCC(=O)Oc1cc(C=C2N=C(c3ccc(C(C)(C)C)cc3)OC2=O)ccc1OC. The first-order valence-electron chi connectivity index (χ1n) is 9.73. The van der Waals surface area contributed by atoms with Crippen molar-refractivity contribution in [1.29, 1.82) is 0 Å². The second kappa shape index (κ2) is 8.53. The summed E-state index contributed by atoms with van der Waals surface area (Å²) in [6.07, 6.45) is 1.82. The van der Waals surface area contributed by atoms with Crippen molar-refractivity contribution in [2.75, 3.05) is 7.11 Å². The molecule has 0 atom stereocenters. The Hall–Kier alpha value is -3.41. The van der Waals surface area contributed by atoms with Gasteiger partial charge in [-0.05, 0) is 46.9 Å². The Balaban J connectivity index is 1.88. The first-order valence-corrected chi connectivity index (χ1v) is 9.73. The standard InChI is InChI=1S/C24H25NO5/c1-6-21(26)29-20-14-15(7-12-19(20)28-5)13-18-23(27)30-22(25-18)16-8-10-17(11-9-16)24(2,3)4/h7-14H,6H2,1-5H3. The van der Waals surface area contributed by atoms with Crippen LogP contribution in [0.3, 0.4) is 0 Å². The molecule has 0 fully saturated rings. The van der Waals surface area contributed by atoms with Crippen molar-refractivity contribution in [2.45, 2.75) is 39.5 Å². The van der Waals surface area contributed by atoms with E-state index in [2.05, 4.69) is 25.8 Å². The van der Waals surface area contributed by atoms with E-state index < -0.39 is 5.97 Å². The molecule has 30 heavy (non-hydrogen) atoms. The van der Waals surface area contributed by atoms with Gasteiger partial charge in [0.25, 0.3) is 0 Å². The summed E-state index contributed by atoms with van der Waals surface area (Å²) in [5.74, 6) is 0.0613. The molecule has 0 radical (unpaired) electrons. The molecule has 0 saturated heterocycles. The van der Waals surface area contributed by atoms with E-state index in [9.17, 15) is 9.59 Å². The number of carbonyl (C=O) groups is 2. The van der Waals surface area contributed by atoms with Gasteiger partial charge in [-0.15, -0.1) is 0 Å². The number of cyclic esters (lactones) is 1. The van der Waals surface area contributed by atoms with E-state index in [0.29, 0.717) is 11.3 Å². The van der Waals surface area contributed by atoms with Crippen molar-refractivity contribution < 1.29 is 23.8 Å². The predicted octanol–water partition coefficient (Wildman–Crippen LogP) is 4.65. The van der Waals surface area contributed by atoms with E-state index in [4.69, 9.17) is 14.2 Å². The van der Waals surface area contributed by atoms with E-state index in [-0.39, 0.29) is 35.1 Å². The number of carbonyl (C=O) groups excluding carboxylic acids is 2. The van der Waals surface area contributed by atoms with E-state index in [1.54, 1.807) is 31.2 Å². The number of rotatable bonds is 5. The van der Waals surface area contributed by atoms with Gasteiger partial charge in [0.15, 0.2) is 17.2 Å². The highest BCUT2D eigenvalue weighted by Gasteiger charge is 2.25. The minimum absolute atomic E-state index is 0.0328. The molecule has 0 aromatic heterocycles. The fraction of sp³-hybridized carbons (Fsp3) is 0.292. The van der Waals surface area contributed by atoms with E-state index >= 15 is 0 Å². The fourth-order valence-electron chi connectivity index (χ4n) is 2.86. The van der Waals surface area contributed by atoms with Gasteiger partial charge in [-0.25, -0.2) is 9.79 Å². The molecular weight excluding hydrogens is 382 g/mol. The van der Waals surface area contributed by atoms with Gasteiger partial charge in [-0.1, -0.05) is 45.9 Å². The summed E-state index contributed by atoms with van der Waals surface area (Å²) in [6.45, 7) is 8.12. The second-order valence-corrected chi connectivity index (χ2v) is 7.90. The largest absolute Gasteiger partial charge is 0.493 e. The lowest BCUT2D eigenvalue weighted by molar-refractivity contribution is -0.134. The van der Waals surface area contributed by atoms with Crippen molar-refractivity contribution in [2.24, 2.45) is 4.99 Å². The van der Waals surface area contributed by atoms with Crippen molar-refractivity contribution in [3.63, 3.8) is 0 Å². The molecular formula is C24H25NO5. The summed E-state index contributed by atoms with van der Waals surface area (Å²) in [4.78, 5) is 28.3. The Morgan fingerprint density at radius 3 is 2.40 bits per heavy atom. The van der Waals surface area contributed by atoms with Crippen LogP contribution in [0.4, 0.5) is 0 Å². The highest BCUT2D eigenvalue weighted by molar-refractivity contribution is 6.12. The molecule has 6 nitrogen and oxygen atoms in total. The minimum atomic E-state index is -0.534. The number of methoxy groups -OCH3 is 1. The molecule has 3 rings (SSSR count). The van der Waals surface area contributed by atoms with Gasteiger partial charge in [0, 0.05) is 12.0 Å². The molecule has 0 unspecified atom stereocenters. The number of ether oxygens (including phenoxy) is 3. The summed E-state index contributed by atoms with van der Waals surface area (Å²) in [7, 11) is 1.49. The van der Waals surface area contributed by atoms with Crippen LogP contribution in [0, 0.1) is 0 Å². The van der Waals surface area contributed by atoms with Crippen LogP contribution in [-0.4, -0.2) is 24.9 Å². The van der Waals surface area contributed by atoms with Crippen LogP contribution >= 0.6 is 0 Å². The first kappa shape index (κ1) is 21.3. The van der Waals surface area contributed by atoms with E-state index in [1.807, 2.05) is 24.3 Å². The zero-order chi connectivity index (χ0) is 21.9. The summed E-state index contributed by atoms with van der Waals surface area (Å²) < 4.78 is 15.9. The average Bonchev–Trinajstić information content (AvgIpc) is 3.08. The maximum Gasteiger partial charge on any atom is 0.363 e. The van der Waals surface area contributed by atoms with E-state index in [0.717, 1.165) is 5.56 Å². The molecule has 0 bridgehead atoms. The van der Waals surface area contributed by atoms with Crippen LogP contribution in [0.2, 0.25) is 0 Å². The quantitative estimate of drug-likeness (QED) is 0.410. The first-order chi connectivity index (χ1) is 14.2. The number of benzene rings is 2. The van der Waals surface area contributed by atoms with Gasteiger partial charge < -0.3 is 14.2 Å². The van der Waals surface area contributed by atoms with Crippen molar-refractivity contribution >= 4 is 23.9 Å². The Morgan fingerprint density at radius 1 is 1.10 bits per heavy atom. The lowest BCUT2D eigenvalue weighted by Crippen LogP contribution is -2.11. The third kappa shape index (κ3) is 4.76. The van der Waals surface area contributed by atoms with Gasteiger partial charge in [0.05, 0.1) is 7.11 Å². The number of aliphatic imine (C=N–C) groups is 1. The fourth-order valence-corrected chi connectivity index (χ4v) is 2.86. The Bertz CT molecular complexity index is 1030. The van der Waals surface area contributed by atoms with Crippen LogP contribution in [0.15, 0.2) is 53.2 Å². The monoisotopic (exact) mass is 407 g/mol. The molecule has 1 aliphatic heterocycles. The molecule has 0 N–H and O–H groups in total. The third-order valence-electron chi connectivity index (χ3n) is 4.62. The van der Waals surface area contributed by atoms with Crippen molar-refractivity contribution in [3.05, 3.63) is 64.9 Å². The maximum absolute atomic E-state index is 12.3. The molecule has 0 aliphatic carbocycles. The normalized spacial score (nSPS) is 15.0. The molecule has 0 amide bonds. The lowest BCUT2D eigenvalue weighted by atomic mass is 9.87. The molecule has 0 saturated carbocycles. The zero-order valence-electron chi connectivity index (χ0n) is 17.8. The van der Waals surface area contributed by atoms with Crippen molar-refractivity contribution in [3.8, 4) is 11.5 Å². The van der Waals surface area contributed by atoms with Crippen LogP contribution in [0.5, 0.6) is 11.5 Å². The van der Waals surface area contributed by atoms with Crippen LogP contribution < -0.4 is 9.47 Å². The highest BCUT2D eigenvalue weighted by Crippen LogP contribution is 2.30. The summed E-state index contributed by atoms with van der Waals surface area (Å²) in [6, 6.07) is 12.8.